The van der Waals surface area contributed by atoms with E-state index in [0.717, 1.165) is 48.6 Å². The van der Waals surface area contributed by atoms with E-state index in [-0.39, 0.29) is 11.5 Å². The second-order valence-electron chi connectivity index (χ2n) is 8.77. The number of carbonyl (C=O) groups is 1. The Labute approximate surface area is 167 Å². The molecule has 1 unspecified atom stereocenters. The zero-order chi connectivity index (χ0) is 19.7. The lowest BCUT2D eigenvalue weighted by atomic mass is 9.99. The summed E-state index contributed by atoms with van der Waals surface area (Å²) in [4.78, 5) is 14.7. The van der Waals surface area contributed by atoms with Gasteiger partial charge in [-0.1, -0.05) is 31.2 Å². The van der Waals surface area contributed by atoms with Crippen LogP contribution >= 0.6 is 0 Å². The first kappa shape index (κ1) is 18.9. The zero-order valence-electron chi connectivity index (χ0n) is 17.0. The highest BCUT2D eigenvalue weighted by molar-refractivity contribution is 5.94. The molecule has 0 aromatic heterocycles. The Balaban J connectivity index is 1.40. The molecule has 4 heteroatoms. The molecule has 0 radical (unpaired) electrons. The Kier molecular flexibility index (Phi) is 5.05. The molecule has 1 saturated heterocycles. The molecule has 4 rings (SSSR count). The van der Waals surface area contributed by atoms with Crippen LogP contribution in [0.15, 0.2) is 42.5 Å². The average molecular weight is 380 g/mol. The predicted molar refractivity (Wildman–Crippen MR) is 110 cm³/mol. The molecule has 1 fully saturated rings. The quantitative estimate of drug-likeness (QED) is 0.762. The molecule has 4 nitrogen and oxygen atoms in total. The third kappa shape index (κ3) is 4.01. The molecule has 2 heterocycles. The summed E-state index contributed by atoms with van der Waals surface area (Å²) in [6, 6.07) is 13.8. The molecule has 2 aliphatic heterocycles. The number of rotatable bonds is 4. The Hall–Kier alpha value is -2.49. The highest BCUT2D eigenvalue weighted by atomic mass is 16.5. The van der Waals surface area contributed by atoms with Crippen LogP contribution in [0.4, 0.5) is 0 Å². The first-order valence-electron chi connectivity index (χ1n) is 10.2. The van der Waals surface area contributed by atoms with Crippen molar-refractivity contribution < 1.29 is 14.3 Å². The molecular weight excluding hydrogens is 350 g/mol. The number of para-hydroxylation sites is 1. The third-order valence-corrected chi connectivity index (χ3v) is 5.59. The number of fused-ring (bicyclic) bond motifs is 1. The van der Waals surface area contributed by atoms with Crippen LogP contribution in [0.5, 0.6) is 11.5 Å². The van der Waals surface area contributed by atoms with E-state index < -0.39 is 0 Å². The maximum Gasteiger partial charge on any atom is 0.253 e. The second kappa shape index (κ2) is 7.50. The fourth-order valence-corrected chi connectivity index (χ4v) is 4.16. The van der Waals surface area contributed by atoms with E-state index in [0.29, 0.717) is 12.5 Å². The van der Waals surface area contributed by atoms with Crippen LogP contribution < -0.4 is 9.47 Å². The number of ether oxygens (including phenoxy) is 2. The molecule has 0 spiro atoms. The van der Waals surface area contributed by atoms with Crippen molar-refractivity contribution >= 4 is 5.91 Å². The molecule has 0 saturated carbocycles. The largest absolute Gasteiger partial charge is 0.485 e. The minimum absolute atomic E-state index is 0.135. The predicted octanol–water partition coefficient (Wildman–Crippen LogP) is 4.85. The summed E-state index contributed by atoms with van der Waals surface area (Å²) in [6.45, 7) is 8.58. The van der Waals surface area contributed by atoms with Crippen molar-refractivity contribution in [2.45, 2.75) is 52.2 Å². The highest BCUT2D eigenvalue weighted by Crippen LogP contribution is 2.41. The molecule has 1 amide bonds. The van der Waals surface area contributed by atoms with Crippen LogP contribution in [0, 0.1) is 5.92 Å². The number of hydrogen-bond acceptors (Lipinski definition) is 3. The lowest BCUT2D eigenvalue weighted by molar-refractivity contribution is 0.0683. The van der Waals surface area contributed by atoms with Gasteiger partial charge in [0, 0.05) is 30.6 Å². The Morgan fingerprint density at radius 3 is 2.75 bits per heavy atom. The maximum atomic E-state index is 12.7. The minimum Gasteiger partial charge on any atom is -0.485 e. The summed E-state index contributed by atoms with van der Waals surface area (Å²) >= 11 is 0. The number of nitrogens with zero attached hydrogens (tertiary/aromatic N) is 1. The average Bonchev–Trinajstić information content (AvgIpc) is 3.00. The van der Waals surface area contributed by atoms with E-state index in [2.05, 4.69) is 26.8 Å². The SMILES string of the molecule is CC1CCCN(C(=O)c2ccc(COc3cccc4c3OC(C)(C)C4)cc2)C1. The third-order valence-electron chi connectivity index (χ3n) is 5.59. The van der Waals surface area contributed by atoms with Crippen molar-refractivity contribution in [3.63, 3.8) is 0 Å². The molecule has 0 N–H and O–H groups in total. The van der Waals surface area contributed by atoms with Crippen LogP contribution in [-0.2, 0) is 13.0 Å². The first-order chi connectivity index (χ1) is 13.4. The first-order valence-corrected chi connectivity index (χ1v) is 10.2. The van der Waals surface area contributed by atoms with E-state index in [4.69, 9.17) is 9.47 Å². The van der Waals surface area contributed by atoms with Crippen LogP contribution in [0.1, 0.15) is 55.1 Å². The van der Waals surface area contributed by atoms with Gasteiger partial charge in [0.15, 0.2) is 11.5 Å². The molecule has 0 bridgehead atoms. The lowest BCUT2D eigenvalue weighted by Gasteiger charge is -2.31. The fraction of sp³-hybridized carbons (Fsp3) is 0.458. The van der Waals surface area contributed by atoms with E-state index in [9.17, 15) is 4.79 Å². The van der Waals surface area contributed by atoms with E-state index >= 15 is 0 Å². The molecule has 2 aliphatic rings. The van der Waals surface area contributed by atoms with Gasteiger partial charge in [-0.15, -0.1) is 0 Å². The monoisotopic (exact) mass is 379 g/mol. The van der Waals surface area contributed by atoms with Gasteiger partial charge in [0.05, 0.1) is 0 Å². The number of carbonyl (C=O) groups excluding carboxylic acids is 1. The van der Waals surface area contributed by atoms with Gasteiger partial charge in [0.25, 0.3) is 5.91 Å². The normalized spacial score (nSPS) is 20.4. The summed E-state index contributed by atoms with van der Waals surface area (Å²) in [5.41, 5.74) is 2.80. The molecule has 148 valence electrons. The summed E-state index contributed by atoms with van der Waals surface area (Å²) in [7, 11) is 0. The van der Waals surface area contributed by atoms with E-state index in [1.807, 2.05) is 41.3 Å². The Morgan fingerprint density at radius 2 is 2.00 bits per heavy atom. The van der Waals surface area contributed by atoms with Crippen molar-refractivity contribution in [3.8, 4) is 11.5 Å². The minimum atomic E-state index is -0.185. The second-order valence-corrected chi connectivity index (χ2v) is 8.77. The highest BCUT2D eigenvalue weighted by Gasteiger charge is 2.32. The van der Waals surface area contributed by atoms with Gasteiger partial charge in [-0.3, -0.25) is 4.79 Å². The van der Waals surface area contributed by atoms with Gasteiger partial charge in [0.2, 0.25) is 0 Å². The number of amides is 1. The zero-order valence-corrected chi connectivity index (χ0v) is 17.0. The molecule has 2 aromatic carbocycles. The number of likely N-dealkylation sites (tertiary alicyclic amines) is 1. The van der Waals surface area contributed by atoms with Crippen molar-refractivity contribution in [2.24, 2.45) is 5.92 Å². The van der Waals surface area contributed by atoms with Crippen LogP contribution in [0.3, 0.4) is 0 Å². The van der Waals surface area contributed by atoms with Crippen molar-refractivity contribution in [3.05, 3.63) is 59.2 Å². The van der Waals surface area contributed by atoms with Crippen molar-refractivity contribution in [1.29, 1.82) is 0 Å². The fourth-order valence-electron chi connectivity index (χ4n) is 4.16. The van der Waals surface area contributed by atoms with Crippen LogP contribution in [0.2, 0.25) is 0 Å². The van der Waals surface area contributed by atoms with E-state index in [1.165, 1.54) is 12.0 Å². The van der Waals surface area contributed by atoms with Gasteiger partial charge in [0.1, 0.15) is 12.2 Å². The van der Waals surface area contributed by atoms with Gasteiger partial charge < -0.3 is 14.4 Å². The van der Waals surface area contributed by atoms with E-state index in [1.54, 1.807) is 0 Å². The number of hydrogen-bond donors (Lipinski definition) is 0. The summed E-state index contributed by atoms with van der Waals surface area (Å²) < 4.78 is 12.1. The maximum absolute atomic E-state index is 12.7. The smallest absolute Gasteiger partial charge is 0.253 e. The van der Waals surface area contributed by atoms with Gasteiger partial charge in [-0.2, -0.15) is 0 Å². The van der Waals surface area contributed by atoms with Crippen molar-refractivity contribution in [1.82, 2.24) is 4.90 Å². The molecule has 28 heavy (non-hydrogen) atoms. The van der Waals surface area contributed by atoms with Gasteiger partial charge >= 0.3 is 0 Å². The Bertz CT molecular complexity index is 857. The molecule has 1 atom stereocenters. The molecule has 2 aromatic rings. The summed E-state index contributed by atoms with van der Waals surface area (Å²) in [5.74, 6) is 2.37. The number of benzene rings is 2. The summed E-state index contributed by atoms with van der Waals surface area (Å²) in [5, 5.41) is 0. The van der Waals surface area contributed by atoms with Crippen LogP contribution in [0.25, 0.3) is 0 Å². The van der Waals surface area contributed by atoms with Gasteiger partial charge in [-0.05, 0) is 56.4 Å². The summed E-state index contributed by atoms with van der Waals surface area (Å²) in [6.07, 6.45) is 3.20. The lowest BCUT2D eigenvalue weighted by Crippen LogP contribution is -2.39. The van der Waals surface area contributed by atoms with Gasteiger partial charge in [-0.25, -0.2) is 0 Å². The number of piperidine rings is 1. The standard InChI is InChI=1S/C24H29NO3/c1-17-6-5-13-25(15-17)23(26)19-11-9-18(10-12-19)16-27-21-8-4-7-20-14-24(2,3)28-22(20)21/h4,7-12,17H,5-6,13-16H2,1-3H3. The Morgan fingerprint density at radius 1 is 1.21 bits per heavy atom. The molecular formula is C24H29NO3. The van der Waals surface area contributed by atoms with Crippen molar-refractivity contribution in [2.75, 3.05) is 13.1 Å². The van der Waals surface area contributed by atoms with Crippen LogP contribution in [-0.4, -0.2) is 29.5 Å². The topological polar surface area (TPSA) is 38.8 Å². The molecule has 0 aliphatic carbocycles.